The van der Waals surface area contributed by atoms with Gasteiger partial charge < -0.3 is 16.0 Å². The number of amides is 3. The summed E-state index contributed by atoms with van der Waals surface area (Å²) >= 11 is 0. The quantitative estimate of drug-likeness (QED) is 0.258. The molecule has 1 aliphatic heterocycles. The molecule has 138 valence electrons. The van der Waals surface area contributed by atoms with Crippen LogP contribution in [0.15, 0.2) is 4.99 Å². The van der Waals surface area contributed by atoms with Gasteiger partial charge in [0.25, 0.3) is 5.91 Å². The number of guanidine groups is 1. The number of aliphatic imine (C=N–C) groups is 1. The fourth-order valence-corrected chi connectivity index (χ4v) is 2.67. The summed E-state index contributed by atoms with van der Waals surface area (Å²) in [4.78, 5) is 29.7. The van der Waals surface area contributed by atoms with Crippen molar-refractivity contribution in [2.75, 3.05) is 26.7 Å². The summed E-state index contributed by atoms with van der Waals surface area (Å²) in [5, 5.41) is 9.32. The van der Waals surface area contributed by atoms with E-state index in [0.29, 0.717) is 31.8 Å². The molecular weight excluding hydrogens is 306 g/mol. The summed E-state index contributed by atoms with van der Waals surface area (Å²) in [7, 11) is 1.74. The summed E-state index contributed by atoms with van der Waals surface area (Å²) < 4.78 is 0. The van der Waals surface area contributed by atoms with Gasteiger partial charge in [0.05, 0.1) is 0 Å². The lowest BCUT2D eigenvalue weighted by atomic mass is 9.99. The molecule has 0 bridgehead atoms. The van der Waals surface area contributed by atoms with Gasteiger partial charge >= 0.3 is 6.03 Å². The summed E-state index contributed by atoms with van der Waals surface area (Å²) in [5.74, 6) is 1.27. The molecule has 1 atom stereocenters. The smallest absolute Gasteiger partial charge is 0.325 e. The molecule has 0 spiro atoms. The Hall–Kier alpha value is -1.79. The van der Waals surface area contributed by atoms with Gasteiger partial charge in [-0.1, -0.05) is 33.6 Å². The Morgan fingerprint density at radius 2 is 1.92 bits per heavy atom. The number of imide groups is 1. The first-order valence-electron chi connectivity index (χ1n) is 9.00. The number of hydrogen-bond donors (Lipinski definition) is 3. The van der Waals surface area contributed by atoms with Crippen molar-refractivity contribution in [3.63, 3.8) is 0 Å². The molecule has 1 heterocycles. The molecule has 1 fully saturated rings. The van der Waals surface area contributed by atoms with E-state index in [1.807, 2.05) is 6.92 Å². The van der Waals surface area contributed by atoms with E-state index in [-0.39, 0.29) is 11.9 Å². The second-order valence-electron chi connectivity index (χ2n) is 6.49. The lowest BCUT2D eigenvalue weighted by Crippen LogP contribution is -2.43. The van der Waals surface area contributed by atoms with Gasteiger partial charge in [-0.15, -0.1) is 0 Å². The summed E-state index contributed by atoms with van der Waals surface area (Å²) in [6, 6.07) is -0.291. The van der Waals surface area contributed by atoms with Crippen LogP contribution in [-0.4, -0.2) is 55.0 Å². The second-order valence-corrected chi connectivity index (χ2v) is 6.49. The minimum Gasteiger partial charge on any atom is -0.356 e. The van der Waals surface area contributed by atoms with Crippen LogP contribution in [0.25, 0.3) is 0 Å². The van der Waals surface area contributed by atoms with Crippen molar-refractivity contribution in [1.82, 2.24) is 20.9 Å². The highest BCUT2D eigenvalue weighted by molar-refractivity contribution is 6.06. The molecule has 0 saturated carbocycles. The monoisotopic (exact) mass is 339 g/mol. The second kappa shape index (κ2) is 9.49. The Morgan fingerprint density at radius 1 is 1.25 bits per heavy atom. The third kappa shape index (κ3) is 5.11. The van der Waals surface area contributed by atoms with Crippen molar-refractivity contribution in [3.8, 4) is 0 Å². The number of nitrogens with one attached hydrogen (secondary N) is 3. The van der Waals surface area contributed by atoms with Gasteiger partial charge in [-0.25, -0.2) is 4.79 Å². The van der Waals surface area contributed by atoms with Gasteiger partial charge in [-0.3, -0.25) is 14.7 Å². The third-order valence-electron chi connectivity index (χ3n) is 4.84. The first-order chi connectivity index (χ1) is 11.4. The standard InChI is InChI=1S/C17H33N5O2/c1-6-13(7-2)12-20-15(18-5)19-10-9-11-22-14(23)17(4,8-3)21-16(22)24/h13H,6-12H2,1-5H3,(H,21,24)(H2,18,19,20). The van der Waals surface area contributed by atoms with Gasteiger partial charge in [0, 0.05) is 26.7 Å². The zero-order valence-corrected chi connectivity index (χ0v) is 15.7. The first kappa shape index (κ1) is 20.3. The molecule has 0 radical (unpaired) electrons. The van der Waals surface area contributed by atoms with Crippen molar-refractivity contribution in [1.29, 1.82) is 0 Å². The van der Waals surface area contributed by atoms with Crippen LogP contribution in [0.1, 0.15) is 53.4 Å². The highest BCUT2D eigenvalue weighted by atomic mass is 16.2. The van der Waals surface area contributed by atoms with Crippen LogP contribution in [0.4, 0.5) is 4.79 Å². The maximum absolute atomic E-state index is 12.3. The van der Waals surface area contributed by atoms with Crippen molar-refractivity contribution < 1.29 is 9.59 Å². The number of rotatable bonds is 9. The lowest BCUT2D eigenvalue weighted by Gasteiger charge is -2.19. The predicted molar refractivity (Wildman–Crippen MR) is 97.0 cm³/mol. The van der Waals surface area contributed by atoms with Gasteiger partial charge in [0.1, 0.15) is 5.54 Å². The van der Waals surface area contributed by atoms with E-state index in [1.165, 1.54) is 4.90 Å². The number of hydrogen-bond acceptors (Lipinski definition) is 3. The fraction of sp³-hybridized carbons (Fsp3) is 0.824. The maximum Gasteiger partial charge on any atom is 0.325 e. The van der Waals surface area contributed by atoms with Crippen LogP contribution in [0.3, 0.4) is 0 Å². The Bertz CT molecular complexity index is 462. The Labute approximate surface area is 145 Å². The van der Waals surface area contributed by atoms with Crippen LogP contribution in [0, 0.1) is 5.92 Å². The Kier molecular flexibility index (Phi) is 8.01. The first-order valence-corrected chi connectivity index (χ1v) is 9.00. The molecular formula is C17H33N5O2. The Morgan fingerprint density at radius 3 is 2.42 bits per heavy atom. The van der Waals surface area contributed by atoms with Gasteiger partial charge in [0.15, 0.2) is 5.96 Å². The summed E-state index contributed by atoms with van der Waals surface area (Å²) in [5.41, 5.74) is -0.753. The number of carbonyl (C=O) groups is 2. The van der Waals surface area contributed by atoms with Gasteiger partial charge in [-0.2, -0.15) is 0 Å². The van der Waals surface area contributed by atoms with Gasteiger partial charge in [-0.05, 0) is 25.7 Å². The molecule has 0 aromatic rings. The zero-order chi connectivity index (χ0) is 18.2. The molecule has 1 saturated heterocycles. The van der Waals surface area contributed by atoms with Gasteiger partial charge in [0.2, 0.25) is 0 Å². The highest BCUT2D eigenvalue weighted by Gasteiger charge is 2.45. The van der Waals surface area contributed by atoms with E-state index < -0.39 is 5.54 Å². The average Bonchev–Trinajstić information content (AvgIpc) is 2.80. The summed E-state index contributed by atoms with van der Waals surface area (Å²) in [6.07, 6.45) is 3.56. The van der Waals surface area contributed by atoms with E-state index in [2.05, 4.69) is 34.8 Å². The minimum atomic E-state index is -0.753. The van der Waals surface area contributed by atoms with E-state index >= 15 is 0 Å². The van der Waals surface area contributed by atoms with Crippen LogP contribution in [-0.2, 0) is 4.79 Å². The van der Waals surface area contributed by atoms with Crippen LogP contribution in [0.5, 0.6) is 0 Å². The van der Waals surface area contributed by atoms with Crippen LogP contribution < -0.4 is 16.0 Å². The number of carbonyl (C=O) groups excluding carboxylic acids is 2. The lowest BCUT2D eigenvalue weighted by molar-refractivity contribution is -0.130. The van der Waals surface area contributed by atoms with E-state index in [1.54, 1.807) is 14.0 Å². The van der Waals surface area contributed by atoms with E-state index in [9.17, 15) is 9.59 Å². The van der Waals surface area contributed by atoms with E-state index in [0.717, 1.165) is 25.3 Å². The maximum atomic E-state index is 12.3. The largest absolute Gasteiger partial charge is 0.356 e. The molecule has 7 nitrogen and oxygen atoms in total. The highest BCUT2D eigenvalue weighted by Crippen LogP contribution is 2.20. The van der Waals surface area contributed by atoms with Crippen molar-refractivity contribution in [2.45, 2.75) is 58.9 Å². The van der Waals surface area contributed by atoms with Crippen molar-refractivity contribution in [2.24, 2.45) is 10.9 Å². The molecule has 0 aromatic heterocycles. The third-order valence-corrected chi connectivity index (χ3v) is 4.84. The molecule has 1 aliphatic rings. The Balaban J connectivity index is 2.34. The van der Waals surface area contributed by atoms with Crippen molar-refractivity contribution >= 4 is 17.9 Å². The molecule has 0 aromatic carbocycles. The topological polar surface area (TPSA) is 85.8 Å². The van der Waals surface area contributed by atoms with Crippen LogP contribution in [0.2, 0.25) is 0 Å². The molecule has 0 aliphatic carbocycles. The van der Waals surface area contributed by atoms with E-state index in [4.69, 9.17) is 0 Å². The van der Waals surface area contributed by atoms with Crippen LogP contribution >= 0.6 is 0 Å². The molecule has 3 amide bonds. The molecule has 7 heteroatoms. The normalized spacial score (nSPS) is 21.4. The van der Waals surface area contributed by atoms with Crippen molar-refractivity contribution in [3.05, 3.63) is 0 Å². The molecule has 3 N–H and O–H groups in total. The molecule has 24 heavy (non-hydrogen) atoms. The number of nitrogens with zero attached hydrogens (tertiary/aromatic N) is 2. The molecule has 1 unspecified atom stereocenters. The predicted octanol–water partition coefficient (Wildman–Crippen LogP) is 1.70. The molecule has 1 rings (SSSR count). The fourth-order valence-electron chi connectivity index (χ4n) is 2.67. The average molecular weight is 339 g/mol. The zero-order valence-electron chi connectivity index (χ0n) is 15.7. The number of urea groups is 1. The SMILES string of the molecule is CCC(CC)CNC(=NC)NCCCN1C(=O)NC(C)(CC)C1=O. The summed E-state index contributed by atoms with van der Waals surface area (Å²) in [6.45, 7) is 10.0. The minimum absolute atomic E-state index is 0.133.